The lowest BCUT2D eigenvalue weighted by Crippen LogP contribution is -2.12. The first-order valence-electron chi connectivity index (χ1n) is 6.08. The minimum absolute atomic E-state index is 0.114. The van der Waals surface area contributed by atoms with E-state index in [9.17, 15) is 4.79 Å². The Bertz CT molecular complexity index is 646. The molecule has 0 spiro atoms. The van der Waals surface area contributed by atoms with E-state index in [2.05, 4.69) is 34.2 Å². The third-order valence-electron chi connectivity index (χ3n) is 2.97. The second-order valence-corrected chi connectivity index (χ2v) is 5.80. The first-order valence-corrected chi connectivity index (χ1v) is 7.26. The Morgan fingerprint density at radius 1 is 1.30 bits per heavy atom. The zero-order valence-electron chi connectivity index (χ0n) is 10.9. The van der Waals surface area contributed by atoms with Gasteiger partial charge in [-0.05, 0) is 42.8 Å². The zero-order chi connectivity index (χ0) is 14.7. The molecule has 3 N–H and O–H groups in total. The number of nitrogens with two attached hydrogens (primary N) is 1. The summed E-state index contributed by atoms with van der Waals surface area (Å²) < 4.78 is 1.03. The molecule has 5 heteroatoms. The highest BCUT2D eigenvalue weighted by Crippen LogP contribution is 2.25. The number of anilines is 1. The van der Waals surface area contributed by atoms with Crippen LogP contribution >= 0.6 is 27.5 Å². The van der Waals surface area contributed by atoms with Gasteiger partial charge in [0.2, 0.25) is 5.91 Å². The fraction of sp³-hybridized carbons (Fsp3) is 0.133. The molecular formula is C15H14BrClN2O. The predicted molar refractivity (Wildman–Crippen MR) is 86.1 cm³/mol. The number of nitrogens with one attached hydrogen (secondary N) is 1. The fourth-order valence-electron chi connectivity index (χ4n) is 1.91. The van der Waals surface area contributed by atoms with Crippen molar-refractivity contribution in [3.63, 3.8) is 0 Å². The maximum Gasteiger partial charge on any atom is 0.250 e. The monoisotopic (exact) mass is 352 g/mol. The molecule has 0 saturated heterocycles. The topological polar surface area (TPSA) is 55.1 Å². The van der Waals surface area contributed by atoms with Crippen molar-refractivity contribution in [1.82, 2.24) is 0 Å². The molecule has 2 aromatic carbocycles. The average Bonchev–Trinajstić information content (AvgIpc) is 2.38. The van der Waals surface area contributed by atoms with Gasteiger partial charge in [-0.3, -0.25) is 4.79 Å². The summed E-state index contributed by atoms with van der Waals surface area (Å²) in [7, 11) is 0. The van der Waals surface area contributed by atoms with Crippen LogP contribution in [0.1, 0.15) is 28.9 Å². The highest BCUT2D eigenvalue weighted by Gasteiger charge is 2.09. The van der Waals surface area contributed by atoms with Crippen molar-refractivity contribution in [3.05, 3.63) is 63.1 Å². The van der Waals surface area contributed by atoms with Gasteiger partial charge in [0.05, 0.1) is 10.6 Å². The molecule has 2 aromatic rings. The number of carbonyl (C=O) groups is 1. The van der Waals surface area contributed by atoms with Crippen LogP contribution in [0.15, 0.2) is 46.9 Å². The fourth-order valence-corrected chi connectivity index (χ4v) is 2.60. The molecule has 0 aliphatic rings. The third kappa shape index (κ3) is 3.52. The van der Waals surface area contributed by atoms with Gasteiger partial charge >= 0.3 is 0 Å². The van der Waals surface area contributed by atoms with Crippen molar-refractivity contribution in [3.8, 4) is 0 Å². The number of halogens is 2. The molecule has 0 radical (unpaired) electrons. The Balaban J connectivity index is 2.18. The van der Waals surface area contributed by atoms with Gasteiger partial charge in [0, 0.05) is 16.2 Å². The number of carbonyl (C=O) groups excluding carboxylic acids is 1. The first kappa shape index (κ1) is 14.9. The summed E-state index contributed by atoms with van der Waals surface area (Å²) in [5.74, 6) is -0.526. The van der Waals surface area contributed by atoms with E-state index >= 15 is 0 Å². The molecule has 2 rings (SSSR count). The van der Waals surface area contributed by atoms with Gasteiger partial charge in [0.25, 0.3) is 0 Å². The number of hydrogen-bond donors (Lipinski definition) is 2. The highest BCUT2D eigenvalue weighted by molar-refractivity contribution is 9.10. The quantitative estimate of drug-likeness (QED) is 0.857. The van der Waals surface area contributed by atoms with Crippen LogP contribution in [0.2, 0.25) is 5.02 Å². The van der Waals surface area contributed by atoms with E-state index in [1.807, 2.05) is 18.2 Å². The molecule has 0 aliphatic carbocycles. The molecule has 1 atom stereocenters. The lowest BCUT2D eigenvalue weighted by Gasteiger charge is -2.16. The molecule has 1 unspecified atom stereocenters. The van der Waals surface area contributed by atoms with Crippen LogP contribution in [-0.2, 0) is 0 Å². The molecule has 0 aliphatic heterocycles. The smallest absolute Gasteiger partial charge is 0.250 e. The maximum atomic E-state index is 11.1. The standard InChI is InChI=1S/C15H14BrClN2O/c1-9(10-3-2-4-11(16)7-10)19-12-5-6-13(15(18)20)14(17)8-12/h2-9,19H,1H3,(H2,18,20). The summed E-state index contributed by atoms with van der Waals surface area (Å²) in [6.45, 7) is 2.05. The van der Waals surface area contributed by atoms with Crippen LogP contribution in [0.4, 0.5) is 5.69 Å². The minimum Gasteiger partial charge on any atom is -0.378 e. The maximum absolute atomic E-state index is 11.1. The van der Waals surface area contributed by atoms with Gasteiger partial charge in [-0.1, -0.05) is 39.7 Å². The molecule has 20 heavy (non-hydrogen) atoms. The molecule has 0 heterocycles. The van der Waals surface area contributed by atoms with Gasteiger partial charge in [-0.2, -0.15) is 0 Å². The molecule has 0 aromatic heterocycles. The Labute approximate surface area is 131 Å². The van der Waals surface area contributed by atoms with E-state index in [1.165, 1.54) is 0 Å². The molecule has 0 fully saturated rings. The molecule has 0 bridgehead atoms. The van der Waals surface area contributed by atoms with Gasteiger partial charge in [-0.15, -0.1) is 0 Å². The molecule has 104 valence electrons. The molecule has 1 amide bonds. The summed E-state index contributed by atoms with van der Waals surface area (Å²) in [6, 6.07) is 13.3. The Morgan fingerprint density at radius 3 is 2.65 bits per heavy atom. The normalized spacial score (nSPS) is 11.9. The predicted octanol–water partition coefficient (Wildman–Crippen LogP) is 4.37. The largest absolute Gasteiger partial charge is 0.378 e. The van der Waals surface area contributed by atoms with Crippen molar-refractivity contribution >= 4 is 39.1 Å². The van der Waals surface area contributed by atoms with E-state index < -0.39 is 5.91 Å². The summed E-state index contributed by atoms with van der Waals surface area (Å²) in [6.07, 6.45) is 0. The van der Waals surface area contributed by atoms with Crippen LogP contribution in [-0.4, -0.2) is 5.91 Å². The van der Waals surface area contributed by atoms with Gasteiger partial charge < -0.3 is 11.1 Å². The van der Waals surface area contributed by atoms with Crippen LogP contribution < -0.4 is 11.1 Å². The lowest BCUT2D eigenvalue weighted by atomic mass is 10.1. The van der Waals surface area contributed by atoms with Crippen LogP contribution in [0.25, 0.3) is 0 Å². The van der Waals surface area contributed by atoms with Crippen LogP contribution in [0.5, 0.6) is 0 Å². The number of amides is 1. The van der Waals surface area contributed by atoms with Crippen molar-refractivity contribution in [1.29, 1.82) is 0 Å². The summed E-state index contributed by atoms with van der Waals surface area (Å²) >= 11 is 9.48. The van der Waals surface area contributed by atoms with Gasteiger partial charge in [0.1, 0.15) is 0 Å². The van der Waals surface area contributed by atoms with E-state index in [-0.39, 0.29) is 6.04 Å². The summed E-state index contributed by atoms with van der Waals surface area (Å²) in [5, 5.41) is 3.69. The van der Waals surface area contributed by atoms with Crippen LogP contribution in [0.3, 0.4) is 0 Å². The van der Waals surface area contributed by atoms with E-state index in [0.717, 1.165) is 15.7 Å². The van der Waals surface area contributed by atoms with Crippen molar-refractivity contribution in [2.45, 2.75) is 13.0 Å². The Hall–Kier alpha value is -1.52. The summed E-state index contributed by atoms with van der Waals surface area (Å²) in [5.41, 5.74) is 7.54. The number of benzene rings is 2. The van der Waals surface area contributed by atoms with Crippen LogP contribution in [0, 0.1) is 0 Å². The van der Waals surface area contributed by atoms with E-state index in [0.29, 0.717) is 10.6 Å². The highest BCUT2D eigenvalue weighted by atomic mass is 79.9. The Kier molecular flexibility index (Phi) is 4.68. The first-order chi connectivity index (χ1) is 9.47. The van der Waals surface area contributed by atoms with Crippen molar-refractivity contribution in [2.75, 3.05) is 5.32 Å². The zero-order valence-corrected chi connectivity index (χ0v) is 13.2. The third-order valence-corrected chi connectivity index (χ3v) is 3.77. The second-order valence-electron chi connectivity index (χ2n) is 4.48. The minimum atomic E-state index is -0.526. The molecule has 0 saturated carbocycles. The Morgan fingerprint density at radius 2 is 2.05 bits per heavy atom. The average molecular weight is 354 g/mol. The van der Waals surface area contributed by atoms with E-state index in [1.54, 1.807) is 18.2 Å². The number of primary amides is 1. The molecule has 3 nitrogen and oxygen atoms in total. The van der Waals surface area contributed by atoms with E-state index in [4.69, 9.17) is 17.3 Å². The molecular weight excluding hydrogens is 340 g/mol. The SMILES string of the molecule is CC(Nc1ccc(C(N)=O)c(Cl)c1)c1cccc(Br)c1. The second kappa shape index (κ2) is 6.29. The summed E-state index contributed by atoms with van der Waals surface area (Å²) in [4.78, 5) is 11.1. The van der Waals surface area contributed by atoms with Gasteiger partial charge in [0.15, 0.2) is 0 Å². The lowest BCUT2D eigenvalue weighted by molar-refractivity contribution is 0.100. The number of hydrogen-bond acceptors (Lipinski definition) is 2. The van der Waals surface area contributed by atoms with Crippen molar-refractivity contribution < 1.29 is 4.79 Å². The van der Waals surface area contributed by atoms with Gasteiger partial charge in [-0.25, -0.2) is 0 Å². The van der Waals surface area contributed by atoms with Crippen molar-refractivity contribution in [2.24, 2.45) is 5.73 Å². The number of rotatable bonds is 4.